The largest absolute Gasteiger partial charge is 0.327 e. The Balaban J connectivity index is 1.83. The van der Waals surface area contributed by atoms with Crippen LogP contribution in [-0.2, 0) is 0 Å². The number of hydrogen-bond acceptors (Lipinski definition) is 3. The van der Waals surface area contributed by atoms with Gasteiger partial charge in [0.1, 0.15) is 0 Å². The van der Waals surface area contributed by atoms with Gasteiger partial charge in [0, 0.05) is 25.2 Å². The zero-order chi connectivity index (χ0) is 13.1. The maximum atomic E-state index is 6.31. The third-order valence-corrected chi connectivity index (χ3v) is 5.05. The molecule has 3 heteroatoms. The number of likely N-dealkylation sites (tertiary alicyclic amines) is 1. The van der Waals surface area contributed by atoms with E-state index in [1.807, 2.05) is 0 Å². The first kappa shape index (κ1) is 14.3. The van der Waals surface area contributed by atoms with Crippen molar-refractivity contribution in [3.8, 4) is 0 Å². The predicted octanol–water partition coefficient (Wildman–Crippen LogP) is 1.78. The van der Waals surface area contributed by atoms with Gasteiger partial charge in [0.05, 0.1) is 0 Å². The molecule has 1 aliphatic heterocycles. The van der Waals surface area contributed by atoms with Gasteiger partial charge in [-0.05, 0) is 64.6 Å². The highest BCUT2D eigenvalue weighted by molar-refractivity contribution is 4.85. The van der Waals surface area contributed by atoms with Gasteiger partial charge in [-0.3, -0.25) is 0 Å². The van der Waals surface area contributed by atoms with Crippen LogP contribution in [0.2, 0.25) is 0 Å². The number of likely N-dealkylation sites (N-methyl/N-ethyl adjacent to an activating group) is 2. The van der Waals surface area contributed by atoms with Crippen molar-refractivity contribution in [2.75, 3.05) is 33.7 Å². The lowest BCUT2D eigenvalue weighted by Gasteiger charge is -2.40. The Labute approximate surface area is 113 Å². The molecule has 2 rings (SSSR count). The summed E-state index contributed by atoms with van der Waals surface area (Å²) in [6.07, 6.45) is 6.59. The molecule has 18 heavy (non-hydrogen) atoms. The van der Waals surface area contributed by atoms with Gasteiger partial charge in [-0.15, -0.1) is 0 Å². The van der Waals surface area contributed by atoms with Crippen molar-refractivity contribution in [2.24, 2.45) is 17.6 Å². The van der Waals surface area contributed by atoms with Gasteiger partial charge in [0.25, 0.3) is 0 Å². The summed E-state index contributed by atoms with van der Waals surface area (Å²) < 4.78 is 0. The van der Waals surface area contributed by atoms with Crippen molar-refractivity contribution in [1.29, 1.82) is 0 Å². The standard InChI is InChI=1S/C15H31N3/c1-12-6-7-15(16)13(9-12)10-18(3)14-5-4-8-17(2)11-14/h12-15H,4-11,16H2,1-3H3. The molecule has 0 aromatic rings. The number of rotatable bonds is 3. The van der Waals surface area contributed by atoms with Crippen molar-refractivity contribution >= 4 is 0 Å². The summed E-state index contributed by atoms with van der Waals surface area (Å²) in [4.78, 5) is 5.05. The molecule has 0 radical (unpaired) electrons. The highest BCUT2D eigenvalue weighted by Crippen LogP contribution is 2.29. The Bertz CT molecular complexity index is 256. The Morgan fingerprint density at radius 3 is 2.78 bits per heavy atom. The molecule has 2 N–H and O–H groups in total. The first-order chi connectivity index (χ1) is 8.56. The van der Waals surface area contributed by atoms with Gasteiger partial charge in [0.15, 0.2) is 0 Å². The normalized spacial score (nSPS) is 39.2. The third-order valence-electron chi connectivity index (χ3n) is 5.05. The van der Waals surface area contributed by atoms with Crippen LogP contribution in [0.1, 0.15) is 39.0 Å². The summed E-state index contributed by atoms with van der Waals surface area (Å²) in [7, 11) is 4.55. The van der Waals surface area contributed by atoms with E-state index >= 15 is 0 Å². The van der Waals surface area contributed by atoms with Crippen LogP contribution in [0.5, 0.6) is 0 Å². The van der Waals surface area contributed by atoms with E-state index < -0.39 is 0 Å². The lowest BCUT2D eigenvalue weighted by Crippen LogP contribution is -2.49. The van der Waals surface area contributed by atoms with Crippen molar-refractivity contribution in [3.05, 3.63) is 0 Å². The van der Waals surface area contributed by atoms with E-state index in [4.69, 9.17) is 5.73 Å². The Hall–Kier alpha value is -0.120. The van der Waals surface area contributed by atoms with Crippen molar-refractivity contribution < 1.29 is 0 Å². The molecule has 0 aromatic heterocycles. The molecule has 1 saturated carbocycles. The summed E-state index contributed by atoms with van der Waals surface area (Å²) >= 11 is 0. The number of nitrogens with two attached hydrogens (primary N) is 1. The summed E-state index contributed by atoms with van der Waals surface area (Å²) in [5, 5.41) is 0. The maximum absolute atomic E-state index is 6.31. The second-order valence-electron chi connectivity index (χ2n) is 6.84. The quantitative estimate of drug-likeness (QED) is 0.832. The highest BCUT2D eigenvalue weighted by atomic mass is 15.2. The van der Waals surface area contributed by atoms with Crippen molar-refractivity contribution in [1.82, 2.24) is 9.80 Å². The van der Waals surface area contributed by atoms with E-state index in [0.29, 0.717) is 12.0 Å². The Morgan fingerprint density at radius 1 is 1.28 bits per heavy atom. The number of nitrogens with zero attached hydrogens (tertiary/aromatic N) is 2. The topological polar surface area (TPSA) is 32.5 Å². The molecule has 2 aliphatic rings. The zero-order valence-corrected chi connectivity index (χ0v) is 12.4. The minimum absolute atomic E-state index is 0.435. The third kappa shape index (κ3) is 3.69. The molecule has 4 atom stereocenters. The lowest BCUT2D eigenvalue weighted by molar-refractivity contribution is 0.0993. The molecule has 1 saturated heterocycles. The zero-order valence-electron chi connectivity index (χ0n) is 12.4. The molecule has 1 heterocycles. The van der Waals surface area contributed by atoms with E-state index in [1.165, 1.54) is 51.7 Å². The van der Waals surface area contributed by atoms with E-state index in [0.717, 1.165) is 12.0 Å². The van der Waals surface area contributed by atoms with E-state index in [-0.39, 0.29) is 0 Å². The van der Waals surface area contributed by atoms with Crippen LogP contribution < -0.4 is 5.73 Å². The van der Waals surface area contributed by atoms with Crippen molar-refractivity contribution in [3.63, 3.8) is 0 Å². The highest BCUT2D eigenvalue weighted by Gasteiger charge is 2.29. The smallest absolute Gasteiger partial charge is 0.0220 e. The molecule has 0 spiro atoms. The maximum Gasteiger partial charge on any atom is 0.0220 e. The molecule has 0 amide bonds. The molecule has 3 nitrogen and oxygen atoms in total. The SMILES string of the molecule is CC1CCC(N)C(CN(C)C2CCCN(C)C2)C1. The Morgan fingerprint density at radius 2 is 2.06 bits per heavy atom. The number of piperidine rings is 1. The van der Waals surface area contributed by atoms with E-state index in [2.05, 4.69) is 30.8 Å². The second-order valence-corrected chi connectivity index (χ2v) is 6.84. The van der Waals surface area contributed by atoms with Crippen LogP contribution in [0, 0.1) is 11.8 Å². The molecule has 106 valence electrons. The minimum atomic E-state index is 0.435. The van der Waals surface area contributed by atoms with E-state index in [1.54, 1.807) is 0 Å². The van der Waals surface area contributed by atoms with E-state index in [9.17, 15) is 0 Å². The Kier molecular flexibility index (Phi) is 5.05. The minimum Gasteiger partial charge on any atom is -0.327 e. The fourth-order valence-corrected chi connectivity index (χ4v) is 3.75. The van der Waals surface area contributed by atoms with Gasteiger partial charge in [0.2, 0.25) is 0 Å². The fraction of sp³-hybridized carbons (Fsp3) is 1.00. The monoisotopic (exact) mass is 253 g/mol. The van der Waals surface area contributed by atoms with Crippen LogP contribution in [0.25, 0.3) is 0 Å². The van der Waals surface area contributed by atoms with Crippen LogP contribution in [0.4, 0.5) is 0 Å². The molecular formula is C15H31N3. The summed E-state index contributed by atoms with van der Waals surface area (Å²) in [6, 6.07) is 1.18. The first-order valence-electron chi connectivity index (χ1n) is 7.70. The average molecular weight is 253 g/mol. The van der Waals surface area contributed by atoms with Gasteiger partial charge in [-0.2, -0.15) is 0 Å². The fourth-order valence-electron chi connectivity index (χ4n) is 3.75. The molecule has 0 aromatic carbocycles. The molecule has 0 bridgehead atoms. The molecule has 1 aliphatic carbocycles. The van der Waals surface area contributed by atoms with Crippen LogP contribution in [-0.4, -0.2) is 55.6 Å². The van der Waals surface area contributed by atoms with Crippen LogP contribution in [0.15, 0.2) is 0 Å². The molecule has 2 fully saturated rings. The summed E-state index contributed by atoms with van der Waals surface area (Å²) in [6.45, 7) is 6.08. The lowest BCUT2D eigenvalue weighted by atomic mass is 9.79. The van der Waals surface area contributed by atoms with Crippen LogP contribution in [0.3, 0.4) is 0 Å². The first-order valence-corrected chi connectivity index (χ1v) is 7.70. The molecular weight excluding hydrogens is 222 g/mol. The average Bonchev–Trinajstić information content (AvgIpc) is 2.34. The van der Waals surface area contributed by atoms with Gasteiger partial charge in [-0.25, -0.2) is 0 Å². The summed E-state index contributed by atoms with van der Waals surface area (Å²) in [5.41, 5.74) is 6.31. The van der Waals surface area contributed by atoms with Crippen molar-refractivity contribution in [2.45, 2.75) is 51.1 Å². The van der Waals surface area contributed by atoms with Crippen LogP contribution >= 0.6 is 0 Å². The number of hydrogen-bond donors (Lipinski definition) is 1. The van der Waals surface area contributed by atoms with Gasteiger partial charge < -0.3 is 15.5 Å². The summed E-state index contributed by atoms with van der Waals surface area (Å²) in [5.74, 6) is 1.59. The van der Waals surface area contributed by atoms with Gasteiger partial charge >= 0.3 is 0 Å². The molecule has 4 unspecified atom stereocenters. The van der Waals surface area contributed by atoms with Gasteiger partial charge in [-0.1, -0.05) is 6.92 Å². The predicted molar refractivity (Wildman–Crippen MR) is 77.6 cm³/mol. The second kappa shape index (κ2) is 6.36.